The second-order valence-electron chi connectivity index (χ2n) is 7.27. The van der Waals surface area contributed by atoms with Gasteiger partial charge in [-0.1, -0.05) is 18.2 Å². The van der Waals surface area contributed by atoms with Gasteiger partial charge in [-0.05, 0) is 55.7 Å². The fourth-order valence-corrected chi connectivity index (χ4v) is 3.98. The van der Waals surface area contributed by atoms with Gasteiger partial charge in [-0.25, -0.2) is 4.98 Å². The molecule has 1 aromatic carbocycles. The standard InChI is InChI=1S/C22H26N4O3S/c1-15-6-3-4-8-18(15)25-20(28)19(27)24-14-16-9-12-26(13-10-16)22(29)17-7-5-11-23-21(17)30-2/h3-8,11,16H,9-10,12-14H2,1-2H3,(H,24,27)(H,25,28). The fraction of sp³-hybridized carbons (Fsp3) is 0.364. The monoisotopic (exact) mass is 426 g/mol. The van der Waals surface area contributed by atoms with E-state index in [1.807, 2.05) is 36.3 Å². The highest BCUT2D eigenvalue weighted by atomic mass is 32.2. The summed E-state index contributed by atoms with van der Waals surface area (Å²) in [7, 11) is 0. The second kappa shape index (κ2) is 10.2. The normalized spacial score (nSPS) is 14.3. The van der Waals surface area contributed by atoms with Crippen LogP contribution in [0.2, 0.25) is 0 Å². The lowest BCUT2D eigenvalue weighted by Crippen LogP contribution is -2.43. The first kappa shape index (κ1) is 21.8. The zero-order valence-corrected chi connectivity index (χ0v) is 18.0. The number of thioether (sulfide) groups is 1. The Morgan fingerprint density at radius 1 is 1.10 bits per heavy atom. The van der Waals surface area contributed by atoms with Crippen LogP contribution in [0.1, 0.15) is 28.8 Å². The van der Waals surface area contributed by atoms with Gasteiger partial charge in [0.05, 0.1) is 5.56 Å². The number of anilines is 1. The number of benzene rings is 1. The number of nitrogens with one attached hydrogen (secondary N) is 2. The largest absolute Gasteiger partial charge is 0.348 e. The summed E-state index contributed by atoms with van der Waals surface area (Å²) >= 11 is 1.46. The topological polar surface area (TPSA) is 91.4 Å². The Balaban J connectivity index is 1.45. The number of aryl methyl sites for hydroxylation is 1. The molecule has 1 saturated heterocycles. The molecule has 2 aromatic rings. The molecule has 1 fully saturated rings. The number of rotatable bonds is 5. The van der Waals surface area contributed by atoms with Crippen molar-refractivity contribution < 1.29 is 14.4 Å². The van der Waals surface area contributed by atoms with E-state index in [1.165, 1.54) is 11.8 Å². The third-order valence-electron chi connectivity index (χ3n) is 5.25. The number of likely N-dealkylation sites (tertiary alicyclic amines) is 1. The summed E-state index contributed by atoms with van der Waals surface area (Å²) in [6, 6.07) is 10.9. The van der Waals surface area contributed by atoms with Crippen LogP contribution in [0.15, 0.2) is 47.6 Å². The number of hydrogen-bond acceptors (Lipinski definition) is 5. The summed E-state index contributed by atoms with van der Waals surface area (Å²) in [4.78, 5) is 43.1. The number of para-hydroxylation sites is 1. The van der Waals surface area contributed by atoms with E-state index < -0.39 is 11.8 Å². The van der Waals surface area contributed by atoms with Crippen molar-refractivity contribution in [1.82, 2.24) is 15.2 Å². The molecule has 0 spiro atoms. The van der Waals surface area contributed by atoms with E-state index >= 15 is 0 Å². The molecule has 0 saturated carbocycles. The molecule has 2 N–H and O–H groups in total. The van der Waals surface area contributed by atoms with Gasteiger partial charge in [-0.15, -0.1) is 11.8 Å². The van der Waals surface area contributed by atoms with Crippen LogP contribution in [0.3, 0.4) is 0 Å². The van der Waals surface area contributed by atoms with Crippen molar-refractivity contribution in [2.75, 3.05) is 31.2 Å². The van der Waals surface area contributed by atoms with Gasteiger partial charge < -0.3 is 15.5 Å². The van der Waals surface area contributed by atoms with Crippen molar-refractivity contribution in [3.05, 3.63) is 53.7 Å². The van der Waals surface area contributed by atoms with Crippen molar-refractivity contribution in [2.45, 2.75) is 24.8 Å². The summed E-state index contributed by atoms with van der Waals surface area (Å²) in [5, 5.41) is 6.09. The van der Waals surface area contributed by atoms with E-state index in [0.29, 0.717) is 30.9 Å². The minimum absolute atomic E-state index is 0.00690. The van der Waals surface area contributed by atoms with Crippen LogP contribution in [0.4, 0.5) is 5.69 Å². The quantitative estimate of drug-likeness (QED) is 0.567. The average molecular weight is 427 g/mol. The fourth-order valence-electron chi connectivity index (χ4n) is 3.44. The van der Waals surface area contributed by atoms with Gasteiger partial charge in [0, 0.05) is 31.5 Å². The third kappa shape index (κ3) is 5.38. The van der Waals surface area contributed by atoms with Gasteiger partial charge in [0.2, 0.25) is 0 Å². The second-order valence-corrected chi connectivity index (χ2v) is 8.07. The van der Waals surface area contributed by atoms with E-state index in [4.69, 9.17) is 0 Å². The van der Waals surface area contributed by atoms with Crippen molar-refractivity contribution in [3.8, 4) is 0 Å². The Labute approximate surface area is 180 Å². The number of aromatic nitrogens is 1. The van der Waals surface area contributed by atoms with Crippen LogP contribution in [0.5, 0.6) is 0 Å². The van der Waals surface area contributed by atoms with E-state index in [0.717, 1.165) is 23.4 Å². The Kier molecular flexibility index (Phi) is 7.46. The molecule has 30 heavy (non-hydrogen) atoms. The molecule has 1 aliphatic heterocycles. The molecule has 1 aliphatic rings. The molecule has 8 heteroatoms. The minimum Gasteiger partial charge on any atom is -0.348 e. The Hall–Kier alpha value is -2.87. The first-order valence-corrected chi connectivity index (χ1v) is 11.1. The third-order valence-corrected chi connectivity index (χ3v) is 5.96. The molecular formula is C22H26N4O3S. The van der Waals surface area contributed by atoms with Gasteiger partial charge in [-0.3, -0.25) is 14.4 Å². The van der Waals surface area contributed by atoms with Gasteiger partial charge in [-0.2, -0.15) is 0 Å². The van der Waals surface area contributed by atoms with Crippen molar-refractivity contribution in [1.29, 1.82) is 0 Å². The van der Waals surface area contributed by atoms with E-state index in [1.54, 1.807) is 24.4 Å². The first-order chi connectivity index (χ1) is 14.5. The molecule has 2 heterocycles. The lowest BCUT2D eigenvalue weighted by Gasteiger charge is -2.32. The number of carbonyl (C=O) groups is 3. The Morgan fingerprint density at radius 3 is 2.53 bits per heavy atom. The van der Waals surface area contributed by atoms with Crippen LogP contribution in [0.25, 0.3) is 0 Å². The first-order valence-electron chi connectivity index (χ1n) is 9.92. The lowest BCUT2D eigenvalue weighted by molar-refractivity contribution is -0.136. The minimum atomic E-state index is -0.668. The molecule has 7 nitrogen and oxygen atoms in total. The molecule has 3 amide bonds. The van der Waals surface area contributed by atoms with Crippen molar-refractivity contribution in [3.63, 3.8) is 0 Å². The molecule has 0 unspecified atom stereocenters. The highest BCUT2D eigenvalue weighted by Crippen LogP contribution is 2.22. The molecule has 0 aliphatic carbocycles. The van der Waals surface area contributed by atoms with Crippen molar-refractivity contribution >= 4 is 35.2 Å². The summed E-state index contributed by atoms with van der Waals surface area (Å²) < 4.78 is 0. The maximum atomic E-state index is 12.8. The number of pyridine rings is 1. The average Bonchev–Trinajstić information content (AvgIpc) is 2.78. The zero-order chi connectivity index (χ0) is 21.5. The number of nitrogens with zero attached hydrogens (tertiary/aromatic N) is 2. The molecular weight excluding hydrogens is 400 g/mol. The predicted molar refractivity (Wildman–Crippen MR) is 117 cm³/mol. The van der Waals surface area contributed by atoms with Crippen LogP contribution in [-0.2, 0) is 9.59 Å². The van der Waals surface area contributed by atoms with Crippen LogP contribution in [-0.4, -0.2) is 53.5 Å². The zero-order valence-electron chi connectivity index (χ0n) is 17.2. The maximum absolute atomic E-state index is 12.8. The smallest absolute Gasteiger partial charge is 0.313 e. The van der Waals surface area contributed by atoms with Gasteiger partial charge in [0.1, 0.15) is 5.03 Å². The van der Waals surface area contributed by atoms with Gasteiger partial charge >= 0.3 is 11.8 Å². The van der Waals surface area contributed by atoms with Gasteiger partial charge in [0.25, 0.3) is 5.91 Å². The predicted octanol–water partition coefficient (Wildman–Crippen LogP) is 2.72. The molecule has 0 radical (unpaired) electrons. The summed E-state index contributed by atoms with van der Waals surface area (Å²) in [6.45, 7) is 3.54. The molecule has 158 valence electrons. The van der Waals surface area contributed by atoms with E-state index in [2.05, 4.69) is 15.6 Å². The number of piperidine rings is 1. The van der Waals surface area contributed by atoms with Crippen LogP contribution in [0, 0.1) is 12.8 Å². The highest BCUT2D eigenvalue weighted by Gasteiger charge is 2.26. The SMILES string of the molecule is CSc1ncccc1C(=O)N1CCC(CNC(=O)C(=O)Nc2ccccc2C)CC1. The number of amides is 3. The molecule has 3 rings (SSSR count). The van der Waals surface area contributed by atoms with Crippen LogP contribution >= 0.6 is 11.8 Å². The van der Waals surface area contributed by atoms with Crippen molar-refractivity contribution in [2.24, 2.45) is 5.92 Å². The van der Waals surface area contributed by atoms with E-state index in [9.17, 15) is 14.4 Å². The molecule has 1 aromatic heterocycles. The highest BCUT2D eigenvalue weighted by molar-refractivity contribution is 7.98. The van der Waals surface area contributed by atoms with Gasteiger partial charge in [0.15, 0.2) is 0 Å². The maximum Gasteiger partial charge on any atom is 0.313 e. The summed E-state index contributed by atoms with van der Waals surface area (Å²) in [6.07, 6.45) is 5.15. The van der Waals surface area contributed by atoms with Crippen LogP contribution < -0.4 is 10.6 Å². The Bertz CT molecular complexity index is 926. The number of hydrogen-bond donors (Lipinski definition) is 2. The lowest BCUT2D eigenvalue weighted by atomic mass is 9.96. The molecule has 0 bridgehead atoms. The summed E-state index contributed by atoms with van der Waals surface area (Å²) in [5.74, 6) is -1.08. The van der Waals surface area contributed by atoms with E-state index in [-0.39, 0.29) is 11.8 Å². The Morgan fingerprint density at radius 2 is 1.83 bits per heavy atom. The summed E-state index contributed by atoms with van der Waals surface area (Å²) in [5.41, 5.74) is 2.16. The number of carbonyl (C=O) groups excluding carboxylic acids is 3. The molecule has 0 atom stereocenters.